The Morgan fingerprint density at radius 2 is 1.79 bits per heavy atom. The minimum atomic E-state index is -0.554. The van der Waals surface area contributed by atoms with Crippen LogP contribution in [-0.2, 0) is 16.1 Å². The molecule has 4 nitrogen and oxygen atoms in total. The number of nitrogens with one attached hydrogen (secondary N) is 1. The predicted molar refractivity (Wildman–Crippen MR) is 117 cm³/mol. The lowest BCUT2D eigenvalue weighted by Crippen LogP contribution is -2.49. The molecule has 0 saturated carbocycles. The summed E-state index contributed by atoms with van der Waals surface area (Å²) in [4.78, 5) is 28.2. The van der Waals surface area contributed by atoms with Crippen LogP contribution in [0.1, 0.15) is 31.9 Å². The van der Waals surface area contributed by atoms with Gasteiger partial charge in [-0.15, -0.1) is 11.8 Å². The molecule has 1 N–H and O–H groups in total. The summed E-state index contributed by atoms with van der Waals surface area (Å²) in [6.45, 7) is 8.01. The van der Waals surface area contributed by atoms with Gasteiger partial charge in [-0.2, -0.15) is 0 Å². The zero-order valence-corrected chi connectivity index (χ0v) is 18.3. The molecular weight excluding hydrogens is 392 g/mol. The second kappa shape index (κ2) is 10.5. The number of benzene rings is 2. The Morgan fingerprint density at radius 1 is 1.11 bits per heavy atom. The molecule has 0 radical (unpaired) electrons. The SMILES string of the molecule is Cc1cccc(CN(C(=O)CSc2ccc(Cl)cc2)[C@H](C)C(=O)NC(C)C)c1. The Kier molecular flexibility index (Phi) is 8.39. The average molecular weight is 419 g/mol. The number of halogens is 1. The van der Waals surface area contributed by atoms with Gasteiger partial charge >= 0.3 is 0 Å². The topological polar surface area (TPSA) is 49.4 Å². The molecule has 0 saturated heterocycles. The van der Waals surface area contributed by atoms with E-state index >= 15 is 0 Å². The molecule has 0 unspecified atom stereocenters. The number of thioether (sulfide) groups is 1. The quantitative estimate of drug-likeness (QED) is 0.633. The molecular formula is C22H27ClN2O2S. The molecule has 2 aromatic carbocycles. The molecule has 0 heterocycles. The minimum Gasteiger partial charge on any atom is -0.352 e. The summed E-state index contributed by atoms with van der Waals surface area (Å²) in [5, 5.41) is 3.56. The maximum Gasteiger partial charge on any atom is 0.242 e. The molecule has 0 spiro atoms. The summed E-state index contributed by atoms with van der Waals surface area (Å²) in [6.07, 6.45) is 0. The lowest BCUT2D eigenvalue weighted by atomic mass is 10.1. The van der Waals surface area contributed by atoms with Crippen molar-refractivity contribution >= 4 is 35.2 Å². The van der Waals surface area contributed by atoms with Crippen LogP contribution in [0.5, 0.6) is 0 Å². The molecule has 0 aromatic heterocycles. The van der Waals surface area contributed by atoms with E-state index in [9.17, 15) is 9.59 Å². The highest BCUT2D eigenvalue weighted by Gasteiger charge is 2.26. The van der Waals surface area contributed by atoms with Crippen molar-refractivity contribution in [1.82, 2.24) is 10.2 Å². The fourth-order valence-electron chi connectivity index (χ4n) is 2.75. The van der Waals surface area contributed by atoms with Gasteiger partial charge in [0.15, 0.2) is 0 Å². The molecule has 0 aliphatic rings. The van der Waals surface area contributed by atoms with Gasteiger partial charge in [0.05, 0.1) is 5.75 Å². The van der Waals surface area contributed by atoms with Crippen molar-refractivity contribution in [2.75, 3.05) is 5.75 Å². The molecule has 0 aliphatic heterocycles. The molecule has 0 aliphatic carbocycles. The van der Waals surface area contributed by atoms with E-state index in [0.717, 1.165) is 16.0 Å². The zero-order chi connectivity index (χ0) is 20.7. The van der Waals surface area contributed by atoms with E-state index in [0.29, 0.717) is 11.6 Å². The van der Waals surface area contributed by atoms with Crippen LogP contribution in [0.3, 0.4) is 0 Å². The highest BCUT2D eigenvalue weighted by Crippen LogP contribution is 2.22. The van der Waals surface area contributed by atoms with Crippen molar-refractivity contribution in [3.8, 4) is 0 Å². The summed E-state index contributed by atoms with van der Waals surface area (Å²) < 4.78 is 0. The van der Waals surface area contributed by atoms with Gasteiger partial charge in [0.1, 0.15) is 6.04 Å². The standard InChI is InChI=1S/C22H27ClN2O2S/c1-15(2)24-22(27)17(4)25(13-18-7-5-6-16(3)12-18)21(26)14-28-20-10-8-19(23)9-11-20/h5-12,15,17H,13-14H2,1-4H3,(H,24,27)/t17-/m1/s1. The lowest BCUT2D eigenvalue weighted by molar-refractivity contribution is -0.138. The number of hydrogen-bond acceptors (Lipinski definition) is 3. The van der Waals surface area contributed by atoms with Gasteiger partial charge in [-0.1, -0.05) is 41.4 Å². The van der Waals surface area contributed by atoms with Crippen LogP contribution in [0.15, 0.2) is 53.4 Å². The number of carbonyl (C=O) groups is 2. The number of amides is 2. The Balaban J connectivity index is 2.14. The summed E-state index contributed by atoms with van der Waals surface area (Å²) in [5.74, 6) is 0.0348. The van der Waals surface area contributed by atoms with E-state index in [1.165, 1.54) is 11.8 Å². The molecule has 1 atom stereocenters. The van der Waals surface area contributed by atoms with Crippen molar-refractivity contribution in [3.63, 3.8) is 0 Å². The number of nitrogens with zero attached hydrogens (tertiary/aromatic N) is 1. The number of rotatable bonds is 8. The van der Waals surface area contributed by atoms with E-state index in [1.54, 1.807) is 24.0 Å². The van der Waals surface area contributed by atoms with Gasteiger partial charge < -0.3 is 10.2 Å². The van der Waals surface area contributed by atoms with Gasteiger partial charge in [0.2, 0.25) is 11.8 Å². The fourth-order valence-corrected chi connectivity index (χ4v) is 3.66. The first-order valence-electron chi connectivity index (χ1n) is 9.30. The maximum absolute atomic E-state index is 13.0. The molecule has 2 rings (SSSR count). The largest absolute Gasteiger partial charge is 0.352 e. The van der Waals surface area contributed by atoms with E-state index < -0.39 is 6.04 Å². The number of carbonyl (C=O) groups excluding carboxylic acids is 2. The Hall–Kier alpha value is -1.98. The van der Waals surface area contributed by atoms with E-state index in [-0.39, 0.29) is 23.6 Å². The summed E-state index contributed by atoms with van der Waals surface area (Å²) in [5.41, 5.74) is 2.13. The number of aryl methyl sites for hydroxylation is 1. The normalized spacial score (nSPS) is 11.9. The zero-order valence-electron chi connectivity index (χ0n) is 16.7. The van der Waals surface area contributed by atoms with Crippen molar-refractivity contribution in [3.05, 3.63) is 64.7 Å². The third-order valence-corrected chi connectivity index (χ3v) is 5.46. The third-order valence-electron chi connectivity index (χ3n) is 4.21. The van der Waals surface area contributed by atoms with Gasteiger partial charge in [0, 0.05) is 22.5 Å². The molecule has 0 bridgehead atoms. The second-order valence-electron chi connectivity index (χ2n) is 7.09. The van der Waals surface area contributed by atoms with Gasteiger partial charge in [-0.3, -0.25) is 9.59 Å². The second-order valence-corrected chi connectivity index (χ2v) is 8.58. The van der Waals surface area contributed by atoms with Crippen LogP contribution >= 0.6 is 23.4 Å². The van der Waals surface area contributed by atoms with Crippen molar-refractivity contribution in [2.45, 2.75) is 51.2 Å². The van der Waals surface area contributed by atoms with Crippen molar-refractivity contribution < 1.29 is 9.59 Å². The summed E-state index contributed by atoms with van der Waals surface area (Å²) in [7, 11) is 0. The molecule has 2 amide bonds. The number of hydrogen-bond donors (Lipinski definition) is 1. The van der Waals surface area contributed by atoms with E-state index in [2.05, 4.69) is 5.32 Å². The first-order valence-corrected chi connectivity index (χ1v) is 10.7. The Labute approximate surface area is 176 Å². The molecule has 0 fully saturated rings. The average Bonchev–Trinajstić information content (AvgIpc) is 2.64. The summed E-state index contributed by atoms with van der Waals surface area (Å²) in [6, 6.07) is 14.9. The van der Waals surface area contributed by atoms with Crippen LogP contribution in [0.2, 0.25) is 5.02 Å². The lowest BCUT2D eigenvalue weighted by Gasteiger charge is -2.29. The predicted octanol–water partition coefficient (Wildman–Crippen LogP) is 4.68. The highest BCUT2D eigenvalue weighted by molar-refractivity contribution is 8.00. The van der Waals surface area contributed by atoms with Crippen molar-refractivity contribution in [1.29, 1.82) is 0 Å². The Morgan fingerprint density at radius 3 is 2.39 bits per heavy atom. The fraction of sp³-hybridized carbons (Fsp3) is 0.364. The third kappa shape index (κ3) is 6.88. The monoisotopic (exact) mass is 418 g/mol. The summed E-state index contributed by atoms with van der Waals surface area (Å²) >= 11 is 7.36. The molecule has 2 aromatic rings. The first-order chi connectivity index (χ1) is 13.3. The minimum absolute atomic E-state index is 0.0225. The van der Waals surface area contributed by atoms with Crippen molar-refractivity contribution in [2.24, 2.45) is 0 Å². The van der Waals surface area contributed by atoms with Crippen LogP contribution in [0.25, 0.3) is 0 Å². The van der Waals surface area contributed by atoms with Gasteiger partial charge in [0.25, 0.3) is 0 Å². The molecule has 28 heavy (non-hydrogen) atoms. The van der Waals surface area contributed by atoms with Gasteiger partial charge in [-0.05, 0) is 57.5 Å². The van der Waals surface area contributed by atoms with Gasteiger partial charge in [-0.25, -0.2) is 0 Å². The van der Waals surface area contributed by atoms with E-state index in [4.69, 9.17) is 11.6 Å². The highest BCUT2D eigenvalue weighted by atomic mass is 35.5. The smallest absolute Gasteiger partial charge is 0.242 e. The van der Waals surface area contributed by atoms with E-state index in [1.807, 2.05) is 57.2 Å². The maximum atomic E-state index is 13.0. The van der Waals surface area contributed by atoms with Crippen LogP contribution in [-0.4, -0.2) is 34.6 Å². The molecule has 6 heteroatoms. The Bertz CT molecular complexity index is 808. The van der Waals surface area contributed by atoms with Crippen LogP contribution < -0.4 is 5.32 Å². The van der Waals surface area contributed by atoms with Crippen LogP contribution in [0.4, 0.5) is 0 Å². The first kappa shape index (κ1) is 22.3. The molecule has 150 valence electrons. The van der Waals surface area contributed by atoms with Crippen LogP contribution in [0, 0.1) is 6.92 Å².